The fraction of sp³-hybridized carbons (Fsp3) is 0.300. The van der Waals surface area contributed by atoms with Gasteiger partial charge in [-0.2, -0.15) is 0 Å². The lowest BCUT2D eigenvalue weighted by atomic mass is 10.0. The summed E-state index contributed by atoms with van der Waals surface area (Å²) < 4.78 is 32.5. The van der Waals surface area contributed by atoms with E-state index in [1.54, 1.807) is 45.0 Å². The molecule has 0 aliphatic heterocycles. The minimum absolute atomic E-state index is 0.283. The number of carbonyl (C=O) groups is 2. The fourth-order valence-corrected chi connectivity index (χ4v) is 2.49. The van der Waals surface area contributed by atoms with Crippen molar-refractivity contribution in [2.45, 2.75) is 26.8 Å². The van der Waals surface area contributed by atoms with Crippen LogP contribution in [0.3, 0.4) is 0 Å². The summed E-state index contributed by atoms with van der Waals surface area (Å²) in [7, 11) is 0. The molecule has 0 saturated heterocycles. The third-order valence-corrected chi connectivity index (χ3v) is 3.85. The lowest BCUT2D eigenvalue weighted by Gasteiger charge is -2.22. The predicted octanol–water partition coefficient (Wildman–Crippen LogP) is 3.76. The zero-order valence-electron chi connectivity index (χ0n) is 15.4. The van der Waals surface area contributed by atoms with Crippen molar-refractivity contribution in [2.24, 2.45) is 5.92 Å². The first-order chi connectivity index (χ1) is 12.8. The van der Waals surface area contributed by atoms with Gasteiger partial charge in [-0.15, -0.1) is 0 Å². The second-order valence-corrected chi connectivity index (χ2v) is 6.24. The first-order valence-corrected chi connectivity index (χ1v) is 8.62. The van der Waals surface area contributed by atoms with Gasteiger partial charge in [0.15, 0.2) is 0 Å². The standard InChI is InChI=1S/C20H22F2N2O3/c1-4-27-17-8-6-5-7-14(17)19(25)24-18(12(2)3)20(26)23-16-11-13(21)9-10-15(16)22/h5-12,18H,4H2,1-3H3,(H,23,26)(H,24,25)/t18-/m0/s1. The van der Waals surface area contributed by atoms with Crippen molar-refractivity contribution in [3.8, 4) is 5.75 Å². The van der Waals surface area contributed by atoms with Crippen molar-refractivity contribution in [1.29, 1.82) is 0 Å². The molecule has 0 aromatic heterocycles. The number of rotatable bonds is 7. The zero-order chi connectivity index (χ0) is 20.0. The summed E-state index contributed by atoms with van der Waals surface area (Å²) in [5.74, 6) is -2.46. The number of nitrogens with one attached hydrogen (secondary N) is 2. The van der Waals surface area contributed by atoms with Gasteiger partial charge in [-0.3, -0.25) is 9.59 Å². The van der Waals surface area contributed by atoms with Crippen LogP contribution >= 0.6 is 0 Å². The highest BCUT2D eigenvalue weighted by atomic mass is 19.1. The Morgan fingerprint density at radius 3 is 2.48 bits per heavy atom. The summed E-state index contributed by atoms with van der Waals surface area (Å²) in [6, 6.07) is 8.48. The van der Waals surface area contributed by atoms with E-state index in [-0.39, 0.29) is 17.2 Å². The van der Waals surface area contributed by atoms with E-state index >= 15 is 0 Å². The van der Waals surface area contributed by atoms with Crippen LogP contribution in [0.25, 0.3) is 0 Å². The number of carbonyl (C=O) groups excluding carboxylic acids is 2. The third-order valence-electron chi connectivity index (χ3n) is 3.85. The van der Waals surface area contributed by atoms with E-state index in [1.165, 1.54) is 0 Å². The normalized spacial score (nSPS) is 11.8. The molecule has 7 heteroatoms. The van der Waals surface area contributed by atoms with Crippen molar-refractivity contribution >= 4 is 17.5 Å². The molecule has 5 nitrogen and oxygen atoms in total. The molecule has 2 aromatic carbocycles. The van der Waals surface area contributed by atoms with Crippen LogP contribution < -0.4 is 15.4 Å². The topological polar surface area (TPSA) is 67.4 Å². The molecule has 144 valence electrons. The first-order valence-electron chi connectivity index (χ1n) is 8.62. The highest BCUT2D eigenvalue weighted by molar-refractivity contribution is 6.02. The Hall–Kier alpha value is -2.96. The molecule has 0 spiro atoms. The maximum absolute atomic E-state index is 13.8. The quantitative estimate of drug-likeness (QED) is 0.773. The molecular formula is C20H22F2N2O3. The molecule has 2 aromatic rings. The van der Waals surface area contributed by atoms with Gasteiger partial charge in [0.2, 0.25) is 5.91 Å². The monoisotopic (exact) mass is 376 g/mol. The van der Waals surface area contributed by atoms with E-state index in [2.05, 4.69) is 10.6 Å². The van der Waals surface area contributed by atoms with E-state index < -0.39 is 29.5 Å². The van der Waals surface area contributed by atoms with Gasteiger partial charge < -0.3 is 15.4 Å². The number of ether oxygens (including phenoxy) is 1. The van der Waals surface area contributed by atoms with Crippen LogP contribution in [-0.2, 0) is 4.79 Å². The molecule has 0 aliphatic carbocycles. The van der Waals surface area contributed by atoms with Gasteiger partial charge in [0, 0.05) is 6.07 Å². The summed E-state index contributed by atoms with van der Waals surface area (Å²) in [6.07, 6.45) is 0. The maximum atomic E-state index is 13.8. The van der Waals surface area contributed by atoms with Crippen molar-refractivity contribution in [3.63, 3.8) is 0 Å². The summed E-state index contributed by atoms with van der Waals surface area (Å²) in [4.78, 5) is 25.2. The molecule has 0 aliphatic rings. The Morgan fingerprint density at radius 2 is 1.81 bits per heavy atom. The fourth-order valence-electron chi connectivity index (χ4n) is 2.49. The Labute approximate surface area is 156 Å². The summed E-state index contributed by atoms with van der Waals surface area (Å²) in [5.41, 5.74) is 0.00403. The SMILES string of the molecule is CCOc1ccccc1C(=O)N[C@H](C(=O)Nc1cc(F)ccc1F)C(C)C. The number of anilines is 1. The summed E-state index contributed by atoms with van der Waals surface area (Å²) in [5, 5.41) is 4.97. The Balaban J connectivity index is 2.19. The van der Waals surface area contributed by atoms with E-state index in [4.69, 9.17) is 4.74 Å². The van der Waals surface area contributed by atoms with Gasteiger partial charge in [-0.05, 0) is 37.1 Å². The van der Waals surface area contributed by atoms with Gasteiger partial charge in [-0.1, -0.05) is 26.0 Å². The molecule has 0 fully saturated rings. The van der Waals surface area contributed by atoms with Crippen LogP contribution in [0.15, 0.2) is 42.5 Å². The predicted molar refractivity (Wildman–Crippen MR) is 98.7 cm³/mol. The average Bonchev–Trinajstić information content (AvgIpc) is 2.63. The van der Waals surface area contributed by atoms with Crippen molar-refractivity contribution < 1.29 is 23.1 Å². The molecule has 1 atom stereocenters. The van der Waals surface area contributed by atoms with Gasteiger partial charge in [0.25, 0.3) is 5.91 Å². The summed E-state index contributed by atoms with van der Waals surface area (Å²) in [6.45, 7) is 5.66. The molecule has 0 saturated carbocycles. The molecule has 27 heavy (non-hydrogen) atoms. The molecule has 2 N–H and O–H groups in total. The van der Waals surface area contributed by atoms with E-state index in [9.17, 15) is 18.4 Å². The van der Waals surface area contributed by atoms with Crippen LogP contribution in [0.5, 0.6) is 5.75 Å². The molecule has 2 rings (SSSR count). The number of hydrogen-bond acceptors (Lipinski definition) is 3. The number of hydrogen-bond donors (Lipinski definition) is 2. The minimum atomic E-state index is -0.949. The van der Waals surface area contributed by atoms with E-state index in [0.717, 1.165) is 18.2 Å². The van der Waals surface area contributed by atoms with Gasteiger partial charge >= 0.3 is 0 Å². The van der Waals surface area contributed by atoms with Crippen LogP contribution in [0.4, 0.5) is 14.5 Å². The number of para-hydroxylation sites is 1. The Kier molecular flexibility index (Phi) is 6.87. The molecule has 0 bridgehead atoms. The van der Waals surface area contributed by atoms with Crippen LogP contribution in [0.2, 0.25) is 0 Å². The zero-order valence-corrected chi connectivity index (χ0v) is 15.4. The first kappa shape index (κ1) is 20.4. The van der Waals surface area contributed by atoms with Crippen molar-refractivity contribution in [3.05, 3.63) is 59.7 Å². The van der Waals surface area contributed by atoms with Crippen molar-refractivity contribution in [2.75, 3.05) is 11.9 Å². The third kappa shape index (κ3) is 5.26. The highest BCUT2D eigenvalue weighted by Gasteiger charge is 2.26. The largest absolute Gasteiger partial charge is 0.493 e. The molecule has 0 radical (unpaired) electrons. The number of amides is 2. The van der Waals surface area contributed by atoms with Crippen molar-refractivity contribution in [1.82, 2.24) is 5.32 Å². The van der Waals surface area contributed by atoms with Gasteiger partial charge in [0.1, 0.15) is 23.4 Å². The molecule has 2 amide bonds. The average molecular weight is 376 g/mol. The second-order valence-electron chi connectivity index (χ2n) is 6.24. The Morgan fingerprint density at radius 1 is 1.11 bits per heavy atom. The van der Waals surface area contributed by atoms with Crippen LogP contribution in [0, 0.1) is 17.6 Å². The van der Waals surface area contributed by atoms with Gasteiger partial charge in [0.05, 0.1) is 17.9 Å². The molecular weight excluding hydrogens is 354 g/mol. The molecule has 0 unspecified atom stereocenters. The smallest absolute Gasteiger partial charge is 0.255 e. The molecule has 0 heterocycles. The highest BCUT2D eigenvalue weighted by Crippen LogP contribution is 2.20. The summed E-state index contributed by atoms with van der Waals surface area (Å²) >= 11 is 0. The van der Waals surface area contributed by atoms with E-state index in [0.29, 0.717) is 12.4 Å². The van der Waals surface area contributed by atoms with E-state index in [1.807, 2.05) is 0 Å². The van der Waals surface area contributed by atoms with Crippen LogP contribution in [-0.4, -0.2) is 24.5 Å². The maximum Gasteiger partial charge on any atom is 0.255 e. The van der Waals surface area contributed by atoms with Crippen LogP contribution in [0.1, 0.15) is 31.1 Å². The van der Waals surface area contributed by atoms with Gasteiger partial charge in [-0.25, -0.2) is 8.78 Å². The minimum Gasteiger partial charge on any atom is -0.493 e. The Bertz CT molecular complexity index is 825. The number of benzene rings is 2. The lowest BCUT2D eigenvalue weighted by molar-refractivity contribution is -0.118. The number of halogens is 2. The second kappa shape index (κ2) is 9.12. The lowest BCUT2D eigenvalue weighted by Crippen LogP contribution is -2.47.